The molecule has 0 spiro atoms. The van der Waals surface area contributed by atoms with Gasteiger partial charge < -0.3 is 14.4 Å². The van der Waals surface area contributed by atoms with Gasteiger partial charge in [0, 0.05) is 40.0 Å². The van der Waals surface area contributed by atoms with E-state index in [0.29, 0.717) is 48.9 Å². The van der Waals surface area contributed by atoms with Crippen molar-refractivity contribution < 1.29 is 23.9 Å². The lowest BCUT2D eigenvalue weighted by Gasteiger charge is -2.35. The molecule has 8 heteroatoms. The van der Waals surface area contributed by atoms with Gasteiger partial charge in [0.25, 0.3) is 0 Å². The number of amides is 1. The van der Waals surface area contributed by atoms with Gasteiger partial charge in [-0.15, -0.1) is 0 Å². The highest BCUT2D eigenvalue weighted by molar-refractivity contribution is 9.10. The van der Waals surface area contributed by atoms with Gasteiger partial charge in [-0.2, -0.15) is 0 Å². The normalized spacial score (nSPS) is 16.5. The van der Waals surface area contributed by atoms with Gasteiger partial charge in [-0.3, -0.25) is 14.4 Å². The largest absolute Gasteiger partial charge is 0.468 e. The van der Waals surface area contributed by atoms with Gasteiger partial charge in [-0.05, 0) is 36.2 Å². The van der Waals surface area contributed by atoms with E-state index in [1.807, 2.05) is 6.92 Å². The van der Waals surface area contributed by atoms with Gasteiger partial charge in [0.15, 0.2) is 5.78 Å². The van der Waals surface area contributed by atoms with Crippen LogP contribution in [0.15, 0.2) is 53.0 Å². The van der Waals surface area contributed by atoms with Crippen LogP contribution in [0.2, 0.25) is 5.02 Å². The quantitative estimate of drug-likeness (QED) is 0.277. The Hall–Kier alpha value is -2.22. The summed E-state index contributed by atoms with van der Waals surface area (Å²) in [5.41, 5.74) is 1.21. The molecule has 1 aliphatic heterocycles. The van der Waals surface area contributed by atoms with Crippen LogP contribution >= 0.6 is 27.5 Å². The number of hydrogen-bond acceptors (Lipinski definition) is 5. The molecule has 2 aromatic rings. The van der Waals surface area contributed by atoms with Crippen LogP contribution in [0.1, 0.15) is 35.2 Å². The summed E-state index contributed by atoms with van der Waals surface area (Å²) >= 11 is 9.50. The average molecular weight is 537 g/mol. The van der Waals surface area contributed by atoms with Crippen molar-refractivity contribution in [3.63, 3.8) is 0 Å². The maximum absolute atomic E-state index is 13.6. The second-order valence-electron chi connectivity index (χ2n) is 7.90. The Bertz CT molecular complexity index is 973. The molecule has 3 rings (SSSR count). The van der Waals surface area contributed by atoms with E-state index in [1.54, 1.807) is 53.4 Å². The predicted octanol–water partition coefficient (Wildman–Crippen LogP) is 4.74. The van der Waals surface area contributed by atoms with Crippen molar-refractivity contribution in [1.29, 1.82) is 0 Å². The number of methoxy groups -OCH3 is 1. The fourth-order valence-corrected chi connectivity index (χ4v) is 4.67. The van der Waals surface area contributed by atoms with Crippen molar-refractivity contribution in [2.75, 3.05) is 33.4 Å². The first-order valence-corrected chi connectivity index (χ1v) is 12.0. The van der Waals surface area contributed by atoms with Crippen molar-refractivity contribution in [3.8, 4) is 0 Å². The molecule has 33 heavy (non-hydrogen) atoms. The molecule has 1 aliphatic rings. The molecule has 176 valence electrons. The maximum Gasteiger partial charge on any atom is 0.318 e. The molecule has 1 saturated heterocycles. The second kappa shape index (κ2) is 11.8. The minimum absolute atomic E-state index is 0.131. The number of halogens is 2. The number of ether oxygens (including phenoxy) is 2. The number of morpholine rings is 1. The maximum atomic E-state index is 13.6. The zero-order valence-corrected chi connectivity index (χ0v) is 21.0. The smallest absolute Gasteiger partial charge is 0.318 e. The summed E-state index contributed by atoms with van der Waals surface area (Å²) in [6, 6.07) is 14.0. The SMILES string of the molecule is CC[C@H](C(=O)c1ccc(Br)cc1)[C@H](c1ccc(Cl)cc1)[C@@H](C(=O)OC)C(=O)N1CCOCC1. The summed E-state index contributed by atoms with van der Waals surface area (Å²) in [4.78, 5) is 41.9. The summed E-state index contributed by atoms with van der Waals surface area (Å²) in [6.07, 6.45) is 0.437. The highest BCUT2D eigenvalue weighted by Crippen LogP contribution is 2.39. The number of benzene rings is 2. The Kier molecular flexibility index (Phi) is 9.06. The molecule has 1 amide bonds. The molecule has 0 aliphatic carbocycles. The van der Waals surface area contributed by atoms with Crippen LogP contribution in [-0.4, -0.2) is 56.0 Å². The lowest BCUT2D eigenvalue weighted by molar-refractivity contribution is -0.157. The first kappa shape index (κ1) is 25.4. The van der Waals surface area contributed by atoms with Crippen LogP contribution < -0.4 is 0 Å². The van der Waals surface area contributed by atoms with Crippen molar-refractivity contribution in [2.24, 2.45) is 11.8 Å². The lowest BCUT2D eigenvalue weighted by atomic mass is 9.72. The first-order valence-electron chi connectivity index (χ1n) is 10.9. The second-order valence-corrected chi connectivity index (χ2v) is 9.25. The Labute approximate surface area is 207 Å². The zero-order chi connectivity index (χ0) is 24.0. The van der Waals surface area contributed by atoms with Crippen LogP contribution in [0.25, 0.3) is 0 Å². The van der Waals surface area contributed by atoms with Crippen LogP contribution in [0, 0.1) is 11.8 Å². The molecule has 2 aromatic carbocycles. The van der Waals surface area contributed by atoms with Gasteiger partial charge in [0.2, 0.25) is 5.91 Å². The van der Waals surface area contributed by atoms with E-state index in [0.717, 1.165) is 4.47 Å². The van der Waals surface area contributed by atoms with Gasteiger partial charge in [-0.1, -0.05) is 58.7 Å². The molecule has 0 saturated carbocycles. The minimum Gasteiger partial charge on any atom is -0.468 e. The number of nitrogens with zero attached hydrogens (tertiary/aromatic N) is 1. The van der Waals surface area contributed by atoms with E-state index in [-0.39, 0.29) is 11.7 Å². The Morgan fingerprint density at radius 1 is 1.06 bits per heavy atom. The predicted molar refractivity (Wildman–Crippen MR) is 129 cm³/mol. The standard InChI is InChI=1S/C25H27BrClNO5/c1-3-20(23(29)17-4-8-18(26)9-5-17)21(16-6-10-19(27)11-7-16)22(25(31)32-2)24(30)28-12-14-33-15-13-28/h4-11,20-22H,3,12-15H2,1-2H3/t20-,21-,22+/m0/s1. The van der Waals surface area contributed by atoms with E-state index in [2.05, 4.69) is 15.9 Å². The monoisotopic (exact) mass is 535 g/mol. The molecule has 1 fully saturated rings. The number of ketones is 1. The van der Waals surface area contributed by atoms with Crippen molar-refractivity contribution in [3.05, 3.63) is 69.2 Å². The molecule has 3 atom stereocenters. The number of carbonyl (C=O) groups excluding carboxylic acids is 3. The first-order chi connectivity index (χ1) is 15.9. The number of esters is 1. The third-order valence-corrected chi connectivity index (χ3v) is 6.78. The van der Waals surface area contributed by atoms with Crippen LogP contribution in [0.5, 0.6) is 0 Å². The molecule has 0 radical (unpaired) electrons. The van der Waals surface area contributed by atoms with E-state index in [1.165, 1.54) is 7.11 Å². The Balaban J connectivity index is 2.09. The average Bonchev–Trinajstić information content (AvgIpc) is 2.84. The highest BCUT2D eigenvalue weighted by atomic mass is 79.9. The summed E-state index contributed by atoms with van der Waals surface area (Å²) in [5.74, 6) is -3.65. The summed E-state index contributed by atoms with van der Waals surface area (Å²) in [6.45, 7) is 3.46. The molecular formula is C25H27BrClNO5. The van der Waals surface area contributed by atoms with Crippen LogP contribution in [0.4, 0.5) is 0 Å². The van der Waals surface area contributed by atoms with Crippen LogP contribution in [0.3, 0.4) is 0 Å². The number of Topliss-reactive ketones (excluding diaryl/α,β-unsaturated/α-hetero) is 1. The summed E-state index contributed by atoms with van der Waals surface area (Å²) < 4.78 is 11.3. The number of hydrogen-bond donors (Lipinski definition) is 0. The number of carbonyl (C=O) groups is 3. The van der Waals surface area contributed by atoms with E-state index in [9.17, 15) is 14.4 Å². The van der Waals surface area contributed by atoms with Gasteiger partial charge >= 0.3 is 5.97 Å². The molecule has 6 nitrogen and oxygen atoms in total. The molecule has 0 bridgehead atoms. The molecule has 0 unspecified atom stereocenters. The van der Waals surface area contributed by atoms with E-state index >= 15 is 0 Å². The molecule has 0 aromatic heterocycles. The minimum atomic E-state index is -1.17. The third kappa shape index (κ3) is 6.02. The van der Waals surface area contributed by atoms with Crippen molar-refractivity contribution >= 4 is 45.2 Å². The molecule has 1 heterocycles. The van der Waals surface area contributed by atoms with Gasteiger partial charge in [0.05, 0.1) is 20.3 Å². The highest BCUT2D eigenvalue weighted by Gasteiger charge is 2.45. The fourth-order valence-electron chi connectivity index (χ4n) is 4.28. The zero-order valence-electron chi connectivity index (χ0n) is 18.6. The van der Waals surface area contributed by atoms with Crippen LogP contribution in [-0.2, 0) is 19.1 Å². The van der Waals surface area contributed by atoms with Crippen molar-refractivity contribution in [1.82, 2.24) is 4.90 Å². The summed E-state index contributed by atoms with van der Waals surface area (Å²) in [5, 5.41) is 0.527. The van der Waals surface area contributed by atoms with Gasteiger partial charge in [0.1, 0.15) is 5.92 Å². The fraction of sp³-hybridized carbons (Fsp3) is 0.400. The topological polar surface area (TPSA) is 72.9 Å². The van der Waals surface area contributed by atoms with E-state index in [4.69, 9.17) is 21.1 Å². The lowest BCUT2D eigenvalue weighted by Crippen LogP contribution is -2.49. The third-order valence-electron chi connectivity index (χ3n) is 6.00. The Morgan fingerprint density at radius 3 is 2.21 bits per heavy atom. The van der Waals surface area contributed by atoms with Gasteiger partial charge in [-0.25, -0.2) is 0 Å². The summed E-state index contributed by atoms with van der Waals surface area (Å²) in [7, 11) is 1.26. The van der Waals surface area contributed by atoms with Crippen molar-refractivity contribution in [2.45, 2.75) is 19.3 Å². The number of rotatable bonds is 8. The Morgan fingerprint density at radius 2 is 1.67 bits per heavy atom. The molecular weight excluding hydrogens is 510 g/mol. The van der Waals surface area contributed by atoms with E-state index < -0.39 is 23.7 Å². The molecule has 0 N–H and O–H groups in total.